The van der Waals surface area contributed by atoms with E-state index < -0.39 is 17.8 Å². The first-order valence-corrected chi connectivity index (χ1v) is 9.24. The Balaban J connectivity index is 1.34. The molecule has 3 aromatic rings. The number of tetrazole rings is 1. The van der Waals surface area contributed by atoms with E-state index in [0.29, 0.717) is 11.4 Å². The van der Waals surface area contributed by atoms with Crippen LogP contribution in [0.2, 0.25) is 0 Å². The van der Waals surface area contributed by atoms with E-state index in [4.69, 9.17) is 0 Å². The van der Waals surface area contributed by atoms with Gasteiger partial charge in [-0.3, -0.25) is 4.79 Å². The zero-order valence-corrected chi connectivity index (χ0v) is 15.8. The molecule has 4 rings (SSSR count). The quantitative estimate of drug-likeness (QED) is 0.574. The summed E-state index contributed by atoms with van der Waals surface area (Å²) in [6.45, 7) is 0. The summed E-state index contributed by atoms with van der Waals surface area (Å²) < 4.78 is 37.8. The van der Waals surface area contributed by atoms with Crippen molar-refractivity contribution in [3.8, 4) is 5.69 Å². The molecule has 3 amide bonds. The minimum Gasteiger partial charge on any atom is -0.346 e. The smallest absolute Gasteiger partial charge is 0.346 e. The number of anilines is 2. The number of benzene rings is 2. The zero-order chi connectivity index (χ0) is 22.0. The number of amides is 3. The van der Waals surface area contributed by atoms with E-state index in [2.05, 4.69) is 31.4 Å². The SMILES string of the molecule is O=C(Nc1ccc(-n2nnc(C(=O)NC3CC3)n2)cc1)Nc1ccc(C(F)(F)F)cc1. The van der Waals surface area contributed by atoms with Crippen LogP contribution in [0, 0.1) is 0 Å². The van der Waals surface area contributed by atoms with Gasteiger partial charge in [-0.1, -0.05) is 0 Å². The van der Waals surface area contributed by atoms with Gasteiger partial charge in [0.25, 0.3) is 11.7 Å². The first-order valence-electron chi connectivity index (χ1n) is 9.24. The fourth-order valence-electron chi connectivity index (χ4n) is 2.61. The average molecular weight is 431 g/mol. The van der Waals surface area contributed by atoms with Gasteiger partial charge in [0.15, 0.2) is 0 Å². The average Bonchev–Trinajstić information content (AvgIpc) is 3.39. The summed E-state index contributed by atoms with van der Waals surface area (Å²) in [5.74, 6) is -0.419. The highest BCUT2D eigenvalue weighted by Gasteiger charge is 2.30. The maximum absolute atomic E-state index is 12.6. The number of urea groups is 1. The molecule has 0 radical (unpaired) electrons. The van der Waals surface area contributed by atoms with Gasteiger partial charge in [0, 0.05) is 17.4 Å². The minimum atomic E-state index is -4.44. The van der Waals surface area contributed by atoms with E-state index >= 15 is 0 Å². The molecule has 9 nitrogen and oxygen atoms in total. The van der Waals surface area contributed by atoms with Gasteiger partial charge < -0.3 is 16.0 Å². The Morgan fingerprint density at radius 2 is 1.52 bits per heavy atom. The van der Waals surface area contributed by atoms with Crippen LogP contribution in [-0.2, 0) is 6.18 Å². The fraction of sp³-hybridized carbons (Fsp3) is 0.211. The van der Waals surface area contributed by atoms with Gasteiger partial charge in [0.05, 0.1) is 11.3 Å². The van der Waals surface area contributed by atoms with Gasteiger partial charge >= 0.3 is 12.2 Å². The number of carbonyl (C=O) groups is 2. The third kappa shape index (κ3) is 5.15. The number of nitrogens with one attached hydrogen (secondary N) is 3. The van der Waals surface area contributed by atoms with Crippen molar-refractivity contribution in [2.24, 2.45) is 0 Å². The highest BCUT2D eigenvalue weighted by molar-refractivity contribution is 5.99. The lowest BCUT2D eigenvalue weighted by atomic mass is 10.2. The van der Waals surface area contributed by atoms with E-state index in [0.717, 1.165) is 25.0 Å². The normalized spacial score (nSPS) is 13.5. The summed E-state index contributed by atoms with van der Waals surface area (Å²) in [4.78, 5) is 25.2. The molecule has 0 atom stereocenters. The van der Waals surface area contributed by atoms with Crippen LogP contribution in [0.25, 0.3) is 5.69 Å². The highest BCUT2D eigenvalue weighted by Crippen LogP contribution is 2.29. The molecule has 0 unspecified atom stereocenters. The van der Waals surface area contributed by atoms with Gasteiger partial charge in [0.1, 0.15) is 0 Å². The Bertz CT molecular complexity index is 1090. The molecule has 1 saturated carbocycles. The van der Waals surface area contributed by atoms with E-state index in [1.54, 1.807) is 24.3 Å². The number of rotatable bonds is 5. The van der Waals surface area contributed by atoms with Crippen molar-refractivity contribution in [2.45, 2.75) is 25.1 Å². The monoisotopic (exact) mass is 431 g/mol. The first kappa shape index (κ1) is 20.3. The Hall–Kier alpha value is -3.96. The summed E-state index contributed by atoms with van der Waals surface area (Å²) in [6, 6.07) is 10.0. The van der Waals surface area contributed by atoms with Crippen molar-refractivity contribution in [3.63, 3.8) is 0 Å². The van der Waals surface area contributed by atoms with Crippen molar-refractivity contribution in [1.82, 2.24) is 25.5 Å². The van der Waals surface area contributed by atoms with E-state index in [-0.39, 0.29) is 23.5 Å². The van der Waals surface area contributed by atoms with Crippen LogP contribution >= 0.6 is 0 Å². The van der Waals surface area contributed by atoms with Crippen molar-refractivity contribution in [2.75, 3.05) is 10.6 Å². The fourth-order valence-corrected chi connectivity index (χ4v) is 2.61. The van der Waals surface area contributed by atoms with Gasteiger partial charge in [-0.15, -0.1) is 15.0 Å². The van der Waals surface area contributed by atoms with Crippen LogP contribution in [-0.4, -0.2) is 38.2 Å². The lowest BCUT2D eigenvalue weighted by molar-refractivity contribution is -0.137. The van der Waals surface area contributed by atoms with Crippen LogP contribution < -0.4 is 16.0 Å². The van der Waals surface area contributed by atoms with Crippen LogP contribution in [0.15, 0.2) is 48.5 Å². The second kappa shape index (κ2) is 8.05. The number of halogens is 3. The molecule has 0 saturated heterocycles. The summed E-state index contributed by atoms with van der Waals surface area (Å²) in [5.41, 5.74) is 0.363. The van der Waals surface area contributed by atoms with Crippen LogP contribution in [0.4, 0.5) is 29.3 Å². The summed E-state index contributed by atoms with van der Waals surface area (Å²) in [5, 5.41) is 19.4. The Morgan fingerprint density at radius 3 is 2.06 bits per heavy atom. The topological polar surface area (TPSA) is 114 Å². The Kier molecular flexibility index (Phi) is 5.28. The minimum absolute atomic E-state index is 0.0370. The predicted molar refractivity (Wildman–Crippen MR) is 104 cm³/mol. The van der Waals surface area contributed by atoms with Crippen LogP contribution in [0.1, 0.15) is 29.0 Å². The largest absolute Gasteiger partial charge is 0.416 e. The number of nitrogens with zero attached hydrogens (tertiary/aromatic N) is 4. The van der Waals surface area contributed by atoms with Gasteiger partial charge in [0.2, 0.25) is 0 Å². The molecule has 3 N–H and O–H groups in total. The Labute approximate surface area is 173 Å². The second-order valence-corrected chi connectivity index (χ2v) is 6.85. The van der Waals surface area contributed by atoms with E-state index in [1.165, 1.54) is 16.9 Å². The van der Waals surface area contributed by atoms with Crippen molar-refractivity contribution in [1.29, 1.82) is 0 Å². The molecule has 1 aliphatic rings. The lowest BCUT2D eigenvalue weighted by Gasteiger charge is -2.10. The van der Waals surface area contributed by atoms with Gasteiger partial charge in [-0.25, -0.2) is 4.79 Å². The molecule has 0 aliphatic heterocycles. The first-order chi connectivity index (χ1) is 14.8. The van der Waals surface area contributed by atoms with Gasteiger partial charge in [-0.2, -0.15) is 13.2 Å². The molecule has 1 aromatic heterocycles. The van der Waals surface area contributed by atoms with Crippen molar-refractivity contribution < 1.29 is 22.8 Å². The summed E-state index contributed by atoms with van der Waals surface area (Å²) in [7, 11) is 0. The maximum Gasteiger partial charge on any atom is 0.416 e. The summed E-state index contributed by atoms with van der Waals surface area (Å²) in [6.07, 6.45) is -2.55. The molecule has 1 aliphatic carbocycles. The summed E-state index contributed by atoms with van der Waals surface area (Å²) >= 11 is 0. The third-order valence-electron chi connectivity index (χ3n) is 4.36. The molecule has 1 fully saturated rings. The van der Waals surface area contributed by atoms with Crippen LogP contribution in [0.5, 0.6) is 0 Å². The highest BCUT2D eigenvalue weighted by atomic mass is 19.4. The molecule has 31 heavy (non-hydrogen) atoms. The van der Waals surface area contributed by atoms with Crippen LogP contribution in [0.3, 0.4) is 0 Å². The molecule has 12 heteroatoms. The molecule has 0 bridgehead atoms. The standard InChI is InChI=1S/C19H16F3N7O2/c20-19(21,22)11-1-3-13(4-2-11)24-18(31)25-14-7-9-15(10-8-14)29-27-16(26-28-29)17(30)23-12-5-6-12/h1-4,7-10,12H,5-6H2,(H,23,30)(H2,24,25,31). The third-order valence-corrected chi connectivity index (χ3v) is 4.36. The molecular weight excluding hydrogens is 415 g/mol. The second-order valence-electron chi connectivity index (χ2n) is 6.85. The molecule has 160 valence electrons. The lowest BCUT2D eigenvalue weighted by Crippen LogP contribution is -2.26. The number of aromatic nitrogens is 4. The molecule has 1 heterocycles. The number of carbonyl (C=O) groups excluding carboxylic acids is 2. The molecule has 0 spiro atoms. The number of hydrogen-bond acceptors (Lipinski definition) is 5. The van der Waals surface area contributed by atoms with Crippen molar-refractivity contribution >= 4 is 23.3 Å². The van der Waals surface area contributed by atoms with Crippen molar-refractivity contribution in [3.05, 3.63) is 59.9 Å². The maximum atomic E-state index is 12.6. The number of alkyl halides is 3. The van der Waals surface area contributed by atoms with E-state index in [9.17, 15) is 22.8 Å². The van der Waals surface area contributed by atoms with E-state index in [1.807, 2.05) is 0 Å². The van der Waals surface area contributed by atoms with Gasteiger partial charge in [-0.05, 0) is 66.6 Å². The molecular formula is C19H16F3N7O2. The predicted octanol–water partition coefficient (Wildman–Crippen LogP) is 3.22. The Morgan fingerprint density at radius 1 is 0.935 bits per heavy atom. The molecule has 2 aromatic carbocycles. The zero-order valence-electron chi connectivity index (χ0n) is 15.8. The number of hydrogen-bond donors (Lipinski definition) is 3.